The Kier molecular flexibility index (Phi) is 19.2. The van der Waals surface area contributed by atoms with E-state index in [0.717, 1.165) is 17.2 Å². The van der Waals surface area contributed by atoms with E-state index in [1.165, 1.54) is 75.4 Å². The Hall–Kier alpha value is -4.09. The molecule has 2 atom stereocenters. The summed E-state index contributed by atoms with van der Waals surface area (Å²) in [6.45, 7) is 4.37. The third-order valence-corrected chi connectivity index (χ3v) is 12.0. The van der Waals surface area contributed by atoms with Gasteiger partial charge in [0.15, 0.2) is 0 Å². The number of fused-ring (bicyclic) bond motifs is 4. The Bertz CT molecular complexity index is 2340. The summed E-state index contributed by atoms with van der Waals surface area (Å²) in [6.07, 6.45) is 0. The van der Waals surface area contributed by atoms with Gasteiger partial charge in [0.1, 0.15) is 0 Å². The minimum atomic E-state index is 0. The number of aryl methyl sites for hydroxylation is 2. The molecular formula is C50H42F2P2Ti2-2. The maximum atomic E-state index is 2.31. The molecule has 6 heteroatoms. The van der Waals surface area contributed by atoms with Gasteiger partial charge in [0, 0.05) is 0 Å². The molecule has 10 aromatic carbocycles. The van der Waals surface area contributed by atoms with Crippen LogP contribution in [0, 0.1) is 13.8 Å². The minimum Gasteiger partial charge on any atom is -1.00 e. The van der Waals surface area contributed by atoms with Crippen molar-refractivity contribution in [1.29, 1.82) is 0 Å². The third-order valence-electron chi connectivity index (χ3n) is 9.18. The summed E-state index contributed by atoms with van der Waals surface area (Å²) in [5.41, 5.74) is 2.77. The van der Waals surface area contributed by atoms with Crippen LogP contribution in [0.15, 0.2) is 206 Å². The van der Waals surface area contributed by atoms with Crippen LogP contribution in [0.5, 0.6) is 0 Å². The average molecular weight is 839 g/mol. The fourth-order valence-electron chi connectivity index (χ4n) is 6.32. The predicted octanol–water partition coefficient (Wildman–Crippen LogP) is 6.11. The zero-order valence-corrected chi connectivity index (χ0v) is 36.5. The van der Waals surface area contributed by atoms with Crippen LogP contribution in [0.2, 0.25) is 0 Å². The van der Waals surface area contributed by atoms with Gasteiger partial charge in [0.25, 0.3) is 0 Å². The van der Waals surface area contributed by atoms with E-state index < -0.39 is 0 Å². The van der Waals surface area contributed by atoms with Crippen molar-refractivity contribution < 1.29 is 52.8 Å². The molecule has 0 heterocycles. The van der Waals surface area contributed by atoms with Gasteiger partial charge in [-0.3, -0.25) is 0 Å². The van der Waals surface area contributed by atoms with Crippen molar-refractivity contribution in [3.05, 3.63) is 217 Å². The minimum absolute atomic E-state index is 0. The zero-order chi connectivity index (χ0) is 35.5. The summed E-state index contributed by atoms with van der Waals surface area (Å²) >= 11 is 0. The Morgan fingerprint density at radius 1 is 0.357 bits per heavy atom. The largest absolute Gasteiger partial charge is 2.00 e. The van der Waals surface area contributed by atoms with E-state index in [-0.39, 0.29) is 52.8 Å². The molecule has 0 nitrogen and oxygen atoms in total. The normalized spacial score (nSPS) is 10.3. The molecule has 276 valence electrons. The molecule has 10 aromatic rings. The SMILES string of the molecule is Cc1ccccc1Pc1cc2ccccc2[cH-]1.Cc1ccccc1Pc1cc2ccccc2[cH-]1.[F-].[F-].[Ti+2].[Ti+2].c1ccc2[cH-]ccc2c1.c1ccc2[cH-]ccc2c1. The van der Waals surface area contributed by atoms with E-state index in [0.29, 0.717) is 0 Å². The maximum Gasteiger partial charge on any atom is 2.00 e. The van der Waals surface area contributed by atoms with E-state index in [4.69, 9.17) is 0 Å². The average Bonchev–Trinajstić information content (AvgIpc) is 4.00. The second kappa shape index (κ2) is 23.2. The number of hydrogen-bond donors (Lipinski definition) is 0. The van der Waals surface area contributed by atoms with Crippen molar-refractivity contribution in [3.8, 4) is 0 Å². The zero-order valence-electron chi connectivity index (χ0n) is 31.4. The summed E-state index contributed by atoms with van der Waals surface area (Å²) in [5.74, 6) is 0. The fraction of sp³-hybridized carbons (Fsp3) is 0.0400. The van der Waals surface area contributed by atoms with Crippen LogP contribution >= 0.6 is 17.2 Å². The van der Waals surface area contributed by atoms with Crippen molar-refractivity contribution >= 4 is 81.5 Å². The quantitative estimate of drug-likeness (QED) is 0.114. The Labute approximate surface area is 362 Å². The van der Waals surface area contributed by atoms with Gasteiger partial charge in [-0.2, -0.15) is 47.2 Å². The molecule has 0 aliphatic rings. The van der Waals surface area contributed by atoms with Crippen LogP contribution in [0.1, 0.15) is 11.1 Å². The van der Waals surface area contributed by atoms with E-state index in [1.54, 1.807) is 0 Å². The molecule has 0 fully saturated rings. The standard InChI is InChI=1S/2C16H14P.2C9H7.2FH.2Ti/c2*1-12-6-2-5-9-16(12)17-15-10-13-7-3-4-8-14(13)11-15;2*1-2-5-9-7-3-6-8(9)4-1;;;;/h2*2-11,17H,1H3;2*1-7H;2*1H;;/q4*-1;;;2*+2/p-2. The monoisotopic (exact) mass is 838 g/mol. The van der Waals surface area contributed by atoms with Gasteiger partial charge in [-0.1, -0.05) is 90.0 Å². The maximum absolute atomic E-state index is 2.31. The second-order valence-electron chi connectivity index (χ2n) is 12.9. The molecule has 0 amide bonds. The van der Waals surface area contributed by atoms with Crippen LogP contribution in [0.4, 0.5) is 0 Å². The van der Waals surface area contributed by atoms with Crippen molar-refractivity contribution in [2.24, 2.45) is 0 Å². The van der Waals surface area contributed by atoms with Crippen molar-refractivity contribution in [3.63, 3.8) is 0 Å². The molecule has 2 unspecified atom stereocenters. The van der Waals surface area contributed by atoms with E-state index in [9.17, 15) is 0 Å². The van der Waals surface area contributed by atoms with Gasteiger partial charge in [-0.05, 0) is 35.6 Å². The van der Waals surface area contributed by atoms with Crippen LogP contribution in [-0.2, 0) is 43.4 Å². The van der Waals surface area contributed by atoms with Gasteiger partial charge >= 0.3 is 43.4 Å². The number of hydrogen-bond acceptors (Lipinski definition) is 0. The Balaban J connectivity index is 0.000000203. The van der Waals surface area contributed by atoms with E-state index in [1.807, 2.05) is 0 Å². The number of halogens is 2. The number of benzene rings is 6. The van der Waals surface area contributed by atoms with Crippen LogP contribution in [0.25, 0.3) is 43.1 Å². The molecule has 0 N–H and O–H groups in total. The summed E-state index contributed by atoms with van der Waals surface area (Å²) in [4.78, 5) is 0. The van der Waals surface area contributed by atoms with Crippen LogP contribution in [-0.4, -0.2) is 0 Å². The van der Waals surface area contributed by atoms with Crippen LogP contribution in [0.3, 0.4) is 0 Å². The molecule has 10 rings (SSSR count). The molecule has 0 aliphatic heterocycles. The molecule has 0 bridgehead atoms. The fourth-order valence-corrected chi connectivity index (χ4v) is 8.78. The first-order valence-electron chi connectivity index (χ1n) is 17.8. The first-order chi connectivity index (χ1) is 25.6. The summed E-state index contributed by atoms with van der Waals surface area (Å²) in [6, 6.07) is 73.0. The first-order valence-corrected chi connectivity index (χ1v) is 19.8. The predicted molar refractivity (Wildman–Crippen MR) is 236 cm³/mol. The Morgan fingerprint density at radius 2 is 0.679 bits per heavy atom. The molecule has 0 radical (unpaired) electrons. The Morgan fingerprint density at radius 3 is 1.04 bits per heavy atom. The summed E-state index contributed by atoms with van der Waals surface area (Å²) in [7, 11) is 1.52. The van der Waals surface area contributed by atoms with Crippen molar-refractivity contribution in [2.75, 3.05) is 0 Å². The van der Waals surface area contributed by atoms with Gasteiger partial charge < -0.3 is 9.41 Å². The van der Waals surface area contributed by atoms with Crippen LogP contribution < -0.4 is 30.6 Å². The van der Waals surface area contributed by atoms with Gasteiger partial charge in [-0.15, -0.1) is 140 Å². The molecule has 0 aromatic heterocycles. The van der Waals surface area contributed by atoms with Gasteiger partial charge in [0.05, 0.1) is 0 Å². The molecule has 56 heavy (non-hydrogen) atoms. The number of rotatable bonds is 4. The second-order valence-corrected chi connectivity index (χ2v) is 15.7. The van der Waals surface area contributed by atoms with Crippen molar-refractivity contribution in [2.45, 2.75) is 13.8 Å². The van der Waals surface area contributed by atoms with Gasteiger partial charge in [-0.25, -0.2) is 0 Å². The topological polar surface area (TPSA) is 0 Å². The van der Waals surface area contributed by atoms with E-state index in [2.05, 4.69) is 220 Å². The first kappa shape index (κ1) is 46.3. The van der Waals surface area contributed by atoms with Crippen molar-refractivity contribution in [1.82, 2.24) is 0 Å². The molecule has 0 aliphatic carbocycles. The summed E-state index contributed by atoms with van der Waals surface area (Å²) < 4.78 is 0. The molecule has 0 saturated heterocycles. The van der Waals surface area contributed by atoms with Gasteiger partial charge in [0.2, 0.25) is 0 Å². The van der Waals surface area contributed by atoms with E-state index >= 15 is 0 Å². The molecule has 0 spiro atoms. The smallest absolute Gasteiger partial charge is 1.00 e. The third kappa shape index (κ3) is 12.5. The molecule has 0 saturated carbocycles. The summed E-state index contributed by atoms with van der Waals surface area (Å²) in [5, 5.41) is 16.5. The molecular weight excluding hydrogens is 796 g/mol.